The van der Waals surface area contributed by atoms with E-state index in [4.69, 9.17) is 21.1 Å². The van der Waals surface area contributed by atoms with Crippen LogP contribution in [0.3, 0.4) is 0 Å². The molecule has 34 heavy (non-hydrogen) atoms. The van der Waals surface area contributed by atoms with Crippen LogP contribution < -0.4 is 5.32 Å². The smallest absolute Gasteiger partial charge is 0.359 e. The summed E-state index contributed by atoms with van der Waals surface area (Å²) in [4.78, 5) is 40.9. The zero-order chi connectivity index (χ0) is 24.7. The predicted molar refractivity (Wildman–Crippen MR) is 126 cm³/mol. The van der Waals surface area contributed by atoms with Gasteiger partial charge in [0, 0.05) is 11.4 Å². The number of hydrogen-bond donors (Lipinski definition) is 1. The lowest BCUT2D eigenvalue weighted by atomic mass is 10.2. The van der Waals surface area contributed by atoms with Crippen LogP contribution in [0.5, 0.6) is 0 Å². The second kappa shape index (κ2) is 11.4. The topological polar surface area (TPSA) is 112 Å². The highest BCUT2D eigenvalue weighted by Crippen LogP contribution is 2.19. The molecule has 2 heterocycles. The molecule has 178 valence electrons. The number of aromatic nitrogens is 3. The number of esters is 2. The van der Waals surface area contributed by atoms with Crippen molar-refractivity contribution in [2.24, 2.45) is 0 Å². The zero-order valence-corrected chi connectivity index (χ0v) is 19.9. The fourth-order valence-electron chi connectivity index (χ4n) is 3.03. The van der Waals surface area contributed by atoms with Crippen molar-refractivity contribution in [3.05, 3.63) is 70.1 Å². The summed E-state index contributed by atoms with van der Waals surface area (Å²) in [6, 6.07) is 11.2. The molecule has 0 aliphatic carbocycles. The van der Waals surface area contributed by atoms with Crippen molar-refractivity contribution in [3.8, 4) is 5.82 Å². The molecule has 0 fully saturated rings. The average Bonchev–Trinajstić information content (AvgIpc) is 3.16. The lowest BCUT2D eigenvalue weighted by Crippen LogP contribution is -2.22. The summed E-state index contributed by atoms with van der Waals surface area (Å²) < 4.78 is 11.8. The van der Waals surface area contributed by atoms with Gasteiger partial charge in [-0.25, -0.2) is 19.3 Å². The van der Waals surface area contributed by atoms with Gasteiger partial charge in [-0.05, 0) is 62.7 Å². The second-order valence-electron chi connectivity index (χ2n) is 7.53. The van der Waals surface area contributed by atoms with E-state index in [0.29, 0.717) is 23.7 Å². The van der Waals surface area contributed by atoms with E-state index in [9.17, 15) is 14.4 Å². The molecule has 9 nitrogen and oxygen atoms in total. The Labute approximate surface area is 202 Å². The van der Waals surface area contributed by atoms with Crippen LogP contribution in [-0.4, -0.2) is 45.8 Å². The molecule has 0 atom stereocenters. The summed E-state index contributed by atoms with van der Waals surface area (Å²) in [5, 5.41) is 7.02. The first-order valence-corrected chi connectivity index (χ1v) is 11.1. The number of carbonyl (C=O) groups is 3. The van der Waals surface area contributed by atoms with Crippen LogP contribution in [0.1, 0.15) is 52.0 Å². The van der Waals surface area contributed by atoms with E-state index in [0.717, 1.165) is 24.2 Å². The molecule has 1 aromatic carbocycles. The van der Waals surface area contributed by atoms with Gasteiger partial charge in [0.15, 0.2) is 18.1 Å². The first-order chi connectivity index (χ1) is 16.3. The van der Waals surface area contributed by atoms with Crippen LogP contribution in [0, 0.1) is 13.8 Å². The number of nitrogens with one attached hydrogen (secondary N) is 1. The van der Waals surface area contributed by atoms with E-state index in [2.05, 4.69) is 15.4 Å². The molecule has 2 aromatic heterocycles. The van der Waals surface area contributed by atoms with Crippen molar-refractivity contribution in [1.82, 2.24) is 14.8 Å². The standard InChI is InChI=1S/C24H25ClN4O5/c1-4-5-12-33-23(31)17-6-8-18(9-7-17)26-21(30)14-34-24(32)22-19(25)10-11-20(27-22)29-16(3)13-15(2)28-29/h6-11,13H,4-5,12,14H2,1-3H3,(H,26,30). The highest BCUT2D eigenvalue weighted by molar-refractivity contribution is 6.33. The van der Waals surface area contributed by atoms with Crippen molar-refractivity contribution in [3.63, 3.8) is 0 Å². The van der Waals surface area contributed by atoms with Crippen molar-refractivity contribution < 1.29 is 23.9 Å². The number of aryl methyl sites for hydroxylation is 2. The molecule has 0 spiro atoms. The van der Waals surface area contributed by atoms with Gasteiger partial charge in [-0.3, -0.25) is 4.79 Å². The quantitative estimate of drug-likeness (QED) is 0.356. The third kappa shape index (κ3) is 6.41. The fraction of sp³-hybridized carbons (Fsp3) is 0.292. The SMILES string of the molecule is CCCCOC(=O)c1ccc(NC(=O)COC(=O)c2nc(-n3nc(C)cc3C)ccc2Cl)cc1. The Bertz CT molecular complexity index is 1190. The maximum absolute atomic E-state index is 12.5. The molecular weight excluding hydrogens is 460 g/mol. The number of pyridine rings is 1. The van der Waals surface area contributed by atoms with Gasteiger partial charge in [0.2, 0.25) is 0 Å². The lowest BCUT2D eigenvalue weighted by molar-refractivity contribution is -0.119. The largest absolute Gasteiger partial charge is 0.462 e. The van der Waals surface area contributed by atoms with Gasteiger partial charge in [0.05, 0.1) is 22.9 Å². The number of rotatable bonds is 9. The highest BCUT2D eigenvalue weighted by Gasteiger charge is 2.18. The fourth-order valence-corrected chi connectivity index (χ4v) is 3.21. The van der Waals surface area contributed by atoms with E-state index in [1.807, 2.05) is 26.8 Å². The molecule has 0 bridgehead atoms. The molecule has 0 radical (unpaired) electrons. The van der Waals surface area contributed by atoms with E-state index < -0.39 is 24.5 Å². The van der Waals surface area contributed by atoms with Gasteiger partial charge >= 0.3 is 11.9 Å². The third-order valence-corrected chi connectivity index (χ3v) is 5.03. The number of carbonyl (C=O) groups excluding carboxylic acids is 3. The van der Waals surface area contributed by atoms with Crippen LogP contribution in [0.4, 0.5) is 5.69 Å². The molecule has 1 N–H and O–H groups in total. The number of nitrogens with zero attached hydrogens (tertiary/aromatic N) is 3. The van der Waals surface area contributed by atoms with Gasteiger partial charge in [-0.2, -0.15) is 5.10 Å². The van der Waals surface area contributed by atoms with Crippen LogP contribution >= 0.6 is 11.6 Å². The number of anilines is 1. The van der Waals surface area contributed by atoms with Gasteiger partial charge < -0.3 is 14.8 Å². The molecule has 0 saturated heterocycles. The normalized spacial score (nSPS) is 10.6. The molecule has 10 heteroatoms. The molecule has 0 aliphatic rings. The maximum atomic E-state index is 12.5. The lowest BCUT2D eigenvalue weighted by Gasteiger charge is -2.09. The van der Waals surface area contributed by atoms with E-state index in [1.165, 1.54) is 6.07 Å². The first-order valence-electron chi connectivity index (χ1n) is 10.7. The highest BCUT2D eigenvalue weighted by atomic mass is 35.5. The van der Waals surface area contributed by atoms with Crippen LogP contribution in [0.25, 0.3) is 5.82 Å². The molecule has 0 unspecified atom stereocenters. The number of hydrogen-bond acceptors (Lipinski definition) is 7. The van der Waals surface area contributed by atoms with Gasteiger partial charge in [0.1, 0.15) is 0 Å². The Morgan fingerprint density at radius 1 is 1.03 bits per heavy atom. The Kier molecular flexibility index (Phi) is 8.37. The van der Waals surface area contributed by atoms with Crippen LogP contribution in [0.2, 0.25) is 5.02 Å². The molecule has 0 aliphatic heterocycles. The zero-order valence-electron chi connectivity index (χ0n) is 19.1. The minimum Gasteiger partial charge on any atom is -0.462 e. The average molecular weight is 485 g/mol. The van der Waals surface area contributed by atoms with Crippen molar-refractivity contribution >= 4 is 35.1 Å². The van der Waals surface area contributed by atoms with Crippen molar-refractivity contribution in [1.29, 1.82) is 0 Å². The van der Waals surface area contributed by atoms with Crippen molar-refractivity contribution in [2.75, 3.05) is 18.5 Å². The van der Waals surface area contributed by atoms with Crippen LogP contribution in [0.15, 0.2) is 42.5 Å². The van der Waals surface area contributed by atoms with Crippen LogP contribution in [-0.2, 0) is 14.3 Å². The summed E-state index contributed by atoms with van der Waals surface area (Å²) in [5.74, 6) is -1.42. The number of ether oxygens (including phenoxy) is 2. The molecule has 3 aromatic rings. The summed E-state index contributed by atoms with van der Waals surface area (Å²) in [6.45, 7) is 5.54. The molecule has 0 saturated carbocycles. The minimum atomic E-state index is -0.839. The summed E-state index contributed by atoms with van der Waals surface area (Å²) >= 11 is 6.12. The summed E-state index contributed by atoms with van der Waals surface area (Å²) in [6.07, 6.45) is 1.73. The number of unbranched alkanes of at least 4 members (excludes halogenated alkanes) is 1. The molecule has 1 amide bonds. The van der Waals surface area contributed by atoms with Gasteiger partial charge in [-0.1, -0.05) is 24.9 Å². The number of halogens is 1. The number of benzene rings is 1. The first kappa shape index (κ1) is 24.9. The van der Waals surface area contributed by atoms with E-state index in [-0.39, 0.29) is 10.7 Å². The monoisotopic (exact) mass is 484 g/mol. The maximum Gasteiger partial charge on any atom is 0.359 e. The Morgan fingerprint density at radius 3 is 2.41 bits per heavy atom. The molecular formula is C24H25ClN4O5. The summed E-state index contributed by atoms with van der Waals surface area (Å²) in [5.41, 5.74) is 2.34. The Morgan fingerprint density at radius 2 is 1.76 bits per heavy atom. The molecule has 3 rings (SSSR count). The van der Waals surface area contributed by atoms with E-state index >= 15 is 0 Å². The number of amides is 1. The predicted octanol–water partition coefficient (Wildman–Crippen LogP) is 4.29. The second-order valence-corrected chi connectivity index (χ2v) is 7.94. The Hall–Kier alpha value is -3.72. The minimum absolute atomic E-state index is 0.0945. The third-order valence-electron chi connectivity index (χ3n) is 4.72. The van der Waals surface area contributed by atoms with E-state index in [1.54, 1.807) is 35.0 Å². The van der Waals surface area contributed by atoms with Gasteiger partial charge in [0.25, 0.3) is 5.91 Å². The van der Waals surface area contributed by atoms with Crippen molar-refractivity contribution in [2.45, 2.75) is 33.6 Å². The Balaban J connectivity index is 1.57. The summed E-state index contributed by atoms with van der Waals surface area (Å²) in [7, 11) is 0. The van der Waals surface area contributed by atoms with Gasteiger partial charge in [-0.15, -0.1) is 0 Å².